The number of hydrogen-bond donors (Lipinski definition) is 1. The van der Waals surface area contributed by atoms with E-state index in [1.54, 1.807) is 18.2 Å². The number of hydrogen-bond acceptors (Lipinski definition) is 3. The summed E-state index contributed by atoms with van der Waals surface area (Å²) < 4.78 is 43.2. The van der Waals surface area contributed by atoms with Gasteiger partial charge in [0, 0.05) is 6.54 Å². The summed E-state index contributed by atoms with van der Waals surface area (Å²) in [6.45, 7) is 0.0988. The Balaban J connectivity index is 2.07. The number of rotatable bonds is 4. The van der Waals surface area contributed by atoms with E-state index in [9.17, 15) is 13.2 Å². The van der Waals surface area contributed by atoms with Crippen LogP contribution in [0.15, 0.2) is 18.2 Å². The third kappa shape index (κ3) is 2.66. The molecule has 2 rings (SSSR count). The van der Waals surface area contributed by atoms with Crippen molar-refractivity contribution in [3.63, 3.8) is 0 Å². The van der Waals surface area contributed by atoms with Crippen LogP contribution in [0.2, 0.25) is 0 Å². The molecule has 0 spiro atoms. The molecule has 0 saturated heterocycles. The first-order chi connectivity index (χ1) is 8.92. The van der Waals surface area contributed by atoms with Gasteiger partial charge in [-0.15, -0.1) is 0 Å². The fourth-order valence-electron chi connectivity index (χ4n) is 1.89. The number of methoxy groups -OCH3 is 1. The number of nitrogens with one attached hydrogen (secondary N) is 1. The average molecular weight is 270 g/mol. The highest BCUT2D eigenvalue weighted by atomic mass is 19.4. The van der Waals surface area contributed by atoms with Gasteiger partial charge < -0.3 is 4.74 Å². The van der Waals surface area contributed by atoms with Crippen molar-refractivity contribution < 1.29 is 17.9 Å². The highest BCUT2D eigenvalue weighted by Crippen LogP contribution is 2.49. The average Bonchev–Trinajstić information content (AvgIpc) is 3.16. The van der Waals surface area contributed by atoms with E-state index < -0.39 is 11.7 Å². The van der Waals surface area contributed by atoms with Crippen LogP contribution in [-0.4, -0.2) is 18.8 Å². The summed E-state index contributed by atoms with van der Waals surface area (Å²) in [6, 6.07) is 6.71. The minimum atomic E-state index is -4.22. The molecule has 102 valence electrons. The van der Waals surface area contributed by atoms with Gasteiger partial charge in [-0.3, -0.25) is 5.32 Å². The van der Waals surface area contributed by atoms with Crippen LogP contribution in [-0.2, 0) is 6.54 Å². The Morgan fingerprint density at radius 3 is 2.58 bits per heavy atom. The van der Waals surface area contributed by atoms with E-state index in [0.717, 1.165) is 0 Å². The molecule has 1 aromatic rings. The normalized spacial score (nSPS) is 16.8. The molecule has 0 unspecified atom stereocenters. The van der Waals surface area contributed by atoms with Crippen molar-refractivity contribution in [3.8, 4) is 11.8 Å². The summed E-state index contributed by atoms with van der Waals surface area (Å²) in [6.07, 6.45) is -3.99. The highest BCUT2D eigenvalue weighted by molar-refractivity contribution is 5.45. The molecule has 1 fully saturated rings. The van der Waals surface area contributed by atoms with Crippen molar-refractivity contribution in [2.24, 2.45) is 0 Å². The molecule has 0 heterocycles. The van der Waals surface area contributed by atoms with Crippen molar-refractivity contribution in [1.29, 1.82) is 5.26 Å². The van der Waals surface area contributed by atoms with Gasteiger partial charge in [0.1, 0.15) is 17.4 Å². The maximum Gasteiger partial charge on any atom is 0.406 e. The monoisotopic (exact) mass is 270 g/mol. The molecule has 1 aliphatic carbocycles. The van der Waals surface area contributed by atoms with E-state index in [2.05, 4.69) is 5.32 Å². The molecule has 1 N–H and O–H groups in total. The lowest BCUT2D eigenvalue weighted by molar-refractivity contribution is -0.166. The van der Waals surface area contributed by atoms with Gasteiger partial charge in [-0.2, -0.15) is 18.4 Å². The molecule has 1 saturated carbocycles. The lowest BCUT2D eigenvalue weighted by Crippen LogP contribution is -2.44. The van der Waals surface area contributed by atoms with E-state index in [1.807, 2.05) is 6.07 Å². The zero-order valence-electron chi connectivity index (χ0n) is 10.3. The van der Waals surface area contributed by atoms with Crippen molar-refractivity contribution in [3.05, 3.63) is 29.3 Å². The lowest BCUT2D eigenvalue weighted by Gasteiger charge is -2.20. The number of nitrogens with zero attached hydrogens (tertiary/aromatic N) is 1. The Kier molecular flexibility index (Phi) is 3.42. The van der Waals surface area contributed by atoms with Gasteiger partial charge in [-0.25, -0.2) is 0 Å². The standard InChI is InChI=1S/C13H13F3N2O/c1-19-11-6-9(2-3-10(11)7-17)8-18-12(4-5-12)13(14,15)16/h2-3,6,18H,4-5,8H2,1H3. The van der Waals surface area contributed by atoms with Gasteiger partial charge >= 0.3 is 6.18 Å². The molecule has 19 heavy (non-hydrogen) atoms. The summed E-state index contributed by atoms with van der Waals surface area (Å²) in [5.74, 6) is 0.374. The second-order valence-corrected chi connectivity index (χ2v) is 4.58. The third-order valence-corrected chi connectivity index (χ3v) is 3.31. The van der Waals surface area contributed by atoms with Gasteiger partial charge in [-0.1, -0.05) is 6.07 Å². The molecule has 0 radical (unpaired) electrons. The number of halogens is 3. The fourth-order valence-corrected chi connectivity index (χ4v) is 1.89. The maximum atomic E-state index is 12.7. The predicted molar refractivity (Wildman–Crippen MR) is 62.6 cm³/mol. The minimum Gasteiger partial charge on any atom is -0.495 e. The minimum absolute atomic E-state index is 0.0988. The Hall–Kier alpha value is -1.74. The molecular formula is C13H13F3N2O. The van der Waals surface area contributed by atoms with E-state index >= 15 is 0 Å². The van der Waals surface area contributed by atoms with E-state index in [1.165, 1.54) is 7.11 Å². The fraction of sp³-hybridized carbons (Fsp3) is 0.462. The van der Waals surface area contributed by atoms with Crippen LogP contribution in [0.5, 0.6) is 5.75 Å². The first kappa shape index (κ1) is 13.7. The topological polar surface area (TPSA) is 45.0 Å². The van der Waals surface area contributed by atoms with E-state index in [0.29, 0.717) is 16.9 Å². The summed E-state index contributed by atoms with van der Waals surface area (Å²) in [7, 11) is 1.42. The zero-order valence-corrected chi connectivity index (χ0v) is 10.3. The molecule has 0 amide bonds. The predicted octanol–water partition coefficient (Wildman–Crippen LogP) is 2.75. The Labute approximate surface area is 109 Å². The van der Waals surface area contributed by atoms with Gasteiger partial charge in [0.05, 0.1) is 12.7 Å². The third-order valence-electron chi connectivity index (χ3n) is 3.31. The molecule has 0 aromatic heterocycles. The van der Waals surface area contributed by atoms with Crippen molar-refractivity contribution in [2.75, 3.05) is 7.11 Å². The first-order valence-corrected chi connectivity index (χ1v) is 5.81. The van der Waals surface area contributed by atoms with Gasteiger partial charge in [0.25, 0.3) is 0 Å². The molecule has 1 aliphatic rings. The van der Waals surface area contributed by atoms with Crippen LogP contribution in [0, 0.1) is 11.3 Å². The summed E-state index contributed by atoms with van der Waals surface area (Å²) in [4.78, 5) is 0. The van der Waals surface area contributed by atoms with Crippen molar-refractivity contribution in [1.82, 2.24) is 5.32 Å². The Morgan fingerprint density at radius 1 is 1.42 bits per heavy atom. The summed E-state index contributed by atoms with van der Waals surface area (Å²) >= 11 is 0. The van der Waals surface area contributed by atoms with Gasteiger partial charge in [-0.05, 0) is 30.5 Å². The smallest absolute Gasteiger partial charge is 0.406 e. The van der Waals surface area contributed by atoms with Crippen LogP contribution in [0.1, 0.15) is 24.0 Å². The molecular weight excluding hydrogens is 257 g/mol. The summed E-state index contributed by atoms with van der Waals surface area (Å²) in [5, 5.41) is 11.4. The van der Waals surface area contributed by atoms with Crippen LogP contribution in [0.4, 0.5) is 13.2 Å². The molecule has 6 heteroatoms. The van der Waals surface area contributed by atoms with Crippen LogP contribution < -0.4 is 10.1 Å². The molecule has 3 nitrogen and oxygen atoms in total. The molecule has 0 aliphatic heterocycles. The quantitative estimate of drug-likeness (QED) is 0.915. The Bertz CT molecular complexity index is 516. The first-order valence-electron chi connectivity index (χ1n) is 5.81. The van der Waals surface area contributed by atoms with Gasteiger partial charge in [0.2, 0.25) is 0 Å². The lowest BCUT2D eigenvalue weighted by atomic mass is 10.1. The van der Waals surface area contributed by atoms with Crippen molar-refractivity contribution >= 4 is 0 Å². The highest BCUT2D eigenvalue weighted by Gasteiger charge is 2.62. The van der Waals surface area contributed by atoms with E-state index in [-0.39, 0.29) is 19.4 Å². The number of alkyl halides is 3. The zero-order chi connectivity index (χ0) is 14.1. The summed E-state index contributed by atoms with van der Waals surface area (Å²) in [5.41, 5.74) is -0.705. The maximum absolute atomic E-state index is 12.7. The molecule has 1 aromatic carbocycles. The number of benzene rings is 1. The van der Waals surface area contributed by atoms with E-state index in [4.69, 9.17) is 10.00 Å². The van der Waals surface area contributed by atoms with Crippen LogP contribution >= 0.6 is 0 Å². The molecule has 0 bridgehead atoms. The van der Waals surface area contributed by atoms with Crippen LogP contribution in [0.3, 0.4) is 0 Å². The SMILES string of the molecule is COc1cc(CNC2(C(F)(F)F)CC2)ccc1C#N. The van der Waals surface area contributed by atoms with Gasteiger partial charge in [0.15, 0.2) is 0 Å². The second kappa shape index (κ2) is 4.74. The number of ether oxygens (including phenoxy) is 1. The largest absolute Gasteiger partial charge is 0.495 e. The second-order valence-electron chi connectivity index (χ2n) is 4.58. The van der Waals surface area contributed by atoms with Crippen LogP contribution in [0.25, 0.3) is 0 Å². The number of nitriles is 1. The molecule has 0 atom stereocenters. The van der Waals surface area contributed by atoms with Crippen molar-refractivity contribution in [2.45, 2.75) is 31.1 Å². The Morgan fingerprint density at radius 2 is 2.11 bits per heavy atom.